The van der Waals surface area contributed by atoms with Crippen molar-refractivity contribution in [3.63, 3.8) is 0 Å². The number of para-hydroxylation sites is 1. The highest BCUT2D eigenvalue weighted by atomic mass is 35.5. The van der Waals surface area contributed by atoms with Crippen molar-refractivity contribution >= 4 is 45.9 Å². The molecular weight excluding hydrogens is 439 g/mol. The van der Waals surface area contributed by atoms with Gasteiger partial charge in [0.1, 0.15) is 11.6 Å². The molecule has 0 atom stereocenters. The molecule has 4 aromatic rings. The number of aromatic nitrogens is 3. The number of nitrogens with one attached hydrogen (secondary N) is 1. The minimum absolute atomic E-state index is 0.0117. The van der Waals surface area contributed by atoms with E-state index in [0.29, 0.717) is 26.9 Å². The van der Waals surface area contributed by atoms with E-state index in [0.717, 1.165) is 17.3 Å². The lowest BCUT2D eigenvalue weighted by atomic mass is 10.2. The maximum absolute atomic E-state index is 13.9. The molecule has 0 aliphatic carbocycles. The first-order valence-electron chi connectivity index (χ1n) is 9.25. The summed E-state index contributed by atoms with van der Waals surface area (Å²) in [6.07, 6.45) is 1.61. The Bertz CT molecular complexity index is 1360. The molecule has 0 aliphatic rings. The van der Waals surface area contributed by atoms with Gasteiger partial charge < -0.3 is 5.32 Å². The average Bonchev–Trinajstić information content (AvgIpc) is 2.75. The second-order valence-electron chi connectivity index (χ2n) is 6.70. The van der Waals surface area contributed by atoms with E-state index in [1.807, 2.05) is 13.0 Å². The van der Waals surface area contributed by atoms with E-state index in [9.17, 15) is 14.0 Å². The molecule has 0 bridgehead atoms. The number of fused-ring (bicyclic) bond motifs is 1. The van der Waals surface area contributed by atoms with Gasteiger partial charge in [-0.3, -0.25) is 9.59 Å². The second kappa shape index (κ2) is 8.87. The molecule has 31 heavy (non-hydrogen) atoms. The van der Waals surface area contributed by atoms with Crippen molar-refractivity contribution in [3.8, 4) is 5.82 Å². The van der Waals surface area contributed by atoms with E-state index >= 15 is 0 Å². The van der Waals surface area contributed by atoms with Crippen LogP contribution in [0.1, 0.15) is 5.56 Å². The fraction of sp³-hybridized carbons (Fsp3) is 0.0909. The van der Waals surface area contributed by atoms with Crippen molar-refractivity contribution < 1.29 is 9.18 Å². The van der Waals surface area contributed by atoms with Crippen LogP contribution in [0.3, 0.4) is 0 Å². The fourth-order valence-corrected chi connectivity index (χ4v) is 3.94. The largest absolute Gasteiger partial charge is 0.323 e. The summed E-state index contributed by atoms with van der Waals surface area (Å²) in [5.41, 5.74) is 1.14. The highest BCUT2D eigenvalue weighted by Gasteiger charge is 2.16. The highest BCUT2D eigenvalue weighted by Crippen LogP contribution is 2.23. The summed E-state index contributed by atoms with van der Waals surface area (Å²) in [7, 11) is 0. The van der Waals surface area contributed by atoms with E-state index < -0.39 is 11.7 Å². The Morgan fingerprint density at radius 2 is 2.00 bits per heavy atom. The third-order valence-corrected chi connectivity index (χ3v) is 5.58. The van der Waals surface area contributed by atoms with Crippen molar-refractivity contribution in [2.45, 2.75) is 12.1 Å². The van der Waals surface area contributed by atoms with Gasteiger partial charge in [-0.1, -0.05) is 35.5 Å². The van der Waals surface area contributed by atoms with Crippen LogP contribution in [0.15, 0.2) is 70.7 Å². The number of hydrogen-bond acceptors (Lipinski definition) is 5. The van der Waals surface area contributed by atoms with Crippen molar-refractivity contribution in [2.24, 2.45) is 0 Å². The zero-order valence-electron chi connectivity index (χ0n) is 16.3. The standard InChI is InChI=1S/C22H16ClFN4O2S/c1-13-8-9-25-19(10-13)28-21(30)15-4-2-3-5-17(15)27-22(28)31-12-20(29)26-18-11-14(23)6-7-16(18)24/h2-11H,12H2,1H3,(H,26,29). The summed E-state index contributed by atoms with van der Waals surface area (Å²) in [6.45, 7) is 1.89. The predicted octanol–water partition coefficient (Wildman–Crippen LogP) is 4.61. The number of rotatable bonds is 5. The summed E-state index contributed by atoms with van der Waals surface area (Å²) in [5.74, 6) is -0.737. The summed E-state index contributed by atoms with van der Waals surface area (Å²) < 4.78 is 15.3. The zero-order valence-corrected chi connectivity index (χ0v) is 17.9. The number of aryl methyl sites for hydroxylation is 1. The van der Waals surface area contributed by atoms with Gasteiger partial charge in [-0.15, -0.1) is 0 Å². The molecule has 6 nitrogen and oxygen atoms in total. The number of benzene rings is 2. The number of halogens is 2. The molecule has 2 heterocycles. The number of carbonyl (C=O) groups excluding carboxylic acids is 1. The summed E-state index contributed by atoms with van der Waals surface area (Å²) in [5, 5.41) is 3.55. The van der Waals surface area contributed by atoms with Crippen molar-refractivity contribution in [1.29, 1.82) is 0 Å². The Hall–Kier alpha value is -3.23. The van der Waals surface area contributed by atoms with Gasteiger partial charge in [0.25, 0.3) is 5.56 Å². The molecule has 4 rings (SSSR count). The Morgan fingerprint density at radius 3 is 2.81 bits per heavy atom. The van der Waals surface area contributed by atoms with E-state index in [1.54, 1.807) is 36.5 Å². The minimum atomic E-state index is -0.590. The quantitative estimate of drug-likeness (QED) is 0.352. The van der Waals surface area contributed by atoms with Crippen LogP contribution in [0.2, 0.25) is 5.02 Å². The molecule has 1 N–H and O–H groups in total. The molecule has 2 aromatic heterocycles. The molecule has 0 spiro atoms. The van der Waals surface area contributed by atoms with Crippen molar-refractivity contribution in [2.75, 3.05) is 11.1 Å². The highest BCUT2D eigenvalue weighted by molar-refractivity contribution is 7.99. The van der Waals surface area contributed by atoms with Gasteiger partial charge in [0.2, 0.25) is 5.91 Å². The number of amides is 1. The van der Waals surface area contributed by atoms with Gasteiger partial charge in [-0.2, -0.15) is 0 Å². The summed E-state index contributed by atoms with van der Waals surface area (Å²) in [6, 6.07) is 14.5. The van der Waals surface area contributed by atoms with E-state index in [4.69, 9.17) is 11.6 Å². The minimum Gasteiger partial charge on any atom is -0.323 e. The lowest BCUT2D eigenvalue weighted by molar-refractivity contribution is -0.113. The molecule has 1 amide bonds. The first kappa shape index (κ1) is 21.0. The summed E-state index contributed by atoms with van der Waals surface area (Å²) >= 11 is 6.93. The van der Waals surface area contributed by atoms with E-state index in [1.165, 1.54) is 22.8 Å². The number of pyridine rings is 1. The van der Waals surface area contributed by atoms with Gasteiger partial charge in [0, 0.05) is 11.2 Å². The van der Waals surface area contributed by atoms with Crippen LogP contribution in [0, 0.1) is 12.7 Å². The number of nitrogens with zero attached hydrogens (tertiary/aromatic N) is 3. The van der Waals surface area contributed by atoms with Gasteiger partial charge in [-0.05, 0) is 55.0 Å². The molecule has 9 heteroatoms. The molecule has 0 aliphatic heterocycles. The van der Waals surface area contributed by atoms with Gasteiger partial charge in [0.15, 0.2) is 5.16 Å². The smallest absolute Gasteiger partial charge is 0.267 e. The van der Waals surface area contributed by atoms with Gasteiger partial charge >= 0.3 is 0 Å². The van der Waals surface area contributed by atoms with Crippen LogP contribution in [-0.2, 0) is 4.79 Å². The van der Waals surface area contributed by atoms with E-state index in [2.05, 4.69) is 15.3 Å². The van der Waals surface area contributed by atoms with Crippen LogP contribution in [0.5, 0.6) is 0 Å². The van der Waals surface area contributed by atoms with Crippen LogP contribution in [-0.4, -0.2) is 26.2 Å². The number of hydrogen-bond donors (Lipinski definition) is 1. The molecule has 0 saturated carbocycles. The third kappa shape index (κ3) is 4.60. The normalized spacial score (nSPS) is 10.9. The third-order valence-electron chi connectivity index (χ3n) is 4.41. The van der Waals surface area contributed by atoms with Crippen LogP contribution in [0.25, 0.3) is 16.7 Å². The molecule has 0 radical (unpaired) electrons. The van der Waals surface area contributed by atoms with Crippen molar-refractivity contribution in [3.05, 3.63) is 87.6 Å². The summed E-state index contributed by atoms with van der Waals surface area (Å²) in [4.78, 5) is 34.5. The predicted molar refractivity (Wildman–Crippen MR) is 121 cm³/mol. The SMILES string of the molecule is Cc1ccnc(-n2c(SCC(=O)Nc3cc(Cl)ccc3F)nc3ccccc3c2=O)c1. The van der Waals surface area contributed by atoms with Crippen LogP contribution in [0.4, 0.5) is 10.1 Å². The maximum Gasteiger partial charge on any atom is 0.267 e. The fourth-order valence-electron chi connectivity index (χ4n) is 2.96. The lowest BCUT2D eigenvalue weighted by Crippen LogP contribution is -2.23. The Labute approximate surface area is 186 Å². The number of anilines is 1. The molecule has 0 fully saturated rings. The number of thioether (sulfide) groups is 1. The van der Waals surface area contributed by atoms with Gasteiger partial charge in [0.05, 0.1) is 22.3 Å². The monoisotopic (exact) mass is 454 g/mol. The molecule has 0 saturated heterocycles. The topological polar surface area (TPSA) is 76.9 Å². The van der Waals surface area contributed by atoms with E-state index in [-0.39, 0.29) is 17.0 Å². The van der Waals surface area contributed by atoms with Gasteiger partial charge in [-0.25, -0.2) is 18.9 Å². The van der Waals surface area contributed by atoms with Crippen LogP contribution >= 0.6 is 23.4 Å². The number of carbonyl (C=O) groups is 1. The maximum atomic E-state index is 13.9. The Kier molecular flexibility index (Phi) is 6.01. The average molecular weight is 455 g/mol. The molecule has 0 unspecified atom stereocenters. The van der Waals surface area contributed by atoms with Crippen molar-refractivity contribution in [1.82, 2.24) is 14.5 Å². The van der Waals surface area contributed by atoms with Crippen LogP contribution < -0.4 is 10.9 Å². The Balaban J connectivity index is 1.68. The second-order valence-corrected chi connectivity index (χ2v) is 8.08. The molecular formula is C22H16ClFN4O2S. The first-order valence-corrected chi connectivity index (χ1v) is 10.6. The molecule has 156 valence electrons. The lowest BCUT2D eigenvalue weighted by Gasteiger charge is -2.13. The first-order chi connectivity index (χ1) is 14.9. The zero-order chi connectivity index (χ0) is 22.0. The Morgan fingerprint density at radius 1 is 1.19 bits per heavy atom. The molecule has 2 aromatic carbocycles.